The highest BCUT2D eigenvalue weighted by molar-refractivity contribution is 5.93. The van der Waals surface area contributed by atoms with E-state index in [9.17, 15) is 4.79 Å². The summed E-state index contributed by atoms with van der Waals surface area (Å²) in [6.45, 7) is 3.73. The number of ether oxygens (including phenoxy) is 2. The van der Waals surface area contributed by atoms with Crippen LogP contribution in [0.4, 0.5) is 0 Å². The number of rotatable bonds is 7. The second-order valence-corrected chi connectivity index (χ2v) is 7.74. The van der Waals surface area contributed by atoms with Gasteiger partial charge in [-0.15, -0.1) is 0 Å². The van der Waals surface area contributed by atoms with Gasteiger partial charge in [-0.2, -0.15) is 0 Å². The monoisotopic (exact) mass is 442 g/mol. The minimum atomic E-state index is -0.301. The molecular formula is C27H26N2O4. The largest absolute Gasteiger partial charge is 0.497 e. The molecule has 0 aliphatic rings. The Labute approximate surface area is 193 Å². The summed E-state index contributed by atoms with van der Waals surface area (Å²) in [6, 6.07) is 23.3. The first-order valence-corrected chi connectivity index (χ1v) is 10.7. The van der Waals surface area contributed by atoms with E-state index in [2.05, 4.69) is 22.6 Å². The predicted molar refractivity (Wildman–Crippen MR) is 128 cm³/mol. The number of methoxy groups -OCH3 is 2. The number of carbonyl (C=O) groups excluding carboxylic acids is 1. The van der Waals surface area contributed by atoms with E-state index in [1.54, 1.807) is 27.2 Å². The maximum absolute atomic E-state index is 12.8. The molecule has 0 fully saturated rings. The van der Waals surface area contributed by atoms with Crippen LogP contribution in [-0.2, 0) is 0 Å². The molecule has 0 aliphatic carbocycles. The topological polar surface area (TPSA) is 73.6 Å². The number of benzene rings is 3. The molecule has 1 N–H and O–H groups in total. The third kappa shape index (κ3) is 4.75. The molecule has 0 saturated carbocycles. The lowest BCUT2D eigenvalue weighted by Crippen LogP contribution is -2.27. The molecule has 1 heterocycles. The molecule has 168 valence electrons. The molecule has 1 amide bonds. The van der Waals surface area contributed by atoms with Gasteiger partial charge in [0.1, 0.15) is 17.3 Å². The SMILES string of the molecule is COc1ccc(-c2cccc(-c3ccc(OC)cc3)c2[C@@H](C)NC(=O)c2cc(C)on2)cc1. The highest BCUT2D eigenvalue weighted by Crippen LogP contribution is 2.37. The Balaban J connectivity index is 1.79. The summed E-state index contributed by atoms with van der Waals surface area (Å²) in [5.74, 6) is 1.87. The molecule has 0 aliphatic heterocycles. The van der Waals surface area contributed by atoms with Gasteiger partial charge in [-0.3, -0.25) is 4.79 Å². The van der Waals surface area contributed by atoms with Crippen LogP contribution < -0.4 is 14.8 Å². The Morgan fingerprint density at radius 3 is 1.82 bits per heavy atom. The molecule has 4 aromatic rings. The van der Waals surface area contributed by atoms with Crippen LogP contribution in [0.15, 0.2) is 77.3 Å². The highest BCUT2D eigenvalue weighted by Gasteiger charge is 2.21. The quantitative estimate of drug-likeness (QED) is 0.390. The molecular weight excluding hydrogens is 416 g/mol. The lowest BCUT2D eigenvalue weighted by atomic mass is 9.88. The Morgan fingerprint density at radius 1 is 0.879 bits per heavy atom. The van der Waals surface area contributed by atoms with Gasteiger partial charge in [-0.1, -0.05) is 47.6 Å². The van der Waals surface area contributed by atoms with Crippen LogP contribution in [0.5, 0.6) is 11.5 Å². The van der Waals surface area contributed by atoms with Gasteiger partial charge in [0, 0.05) is 6.07 Å². The molecule has 6 heteroatoms. The molecule has 0 saturated heterocycles. The fourth-order valence-corrected chi connectivity index (χ4v) is 3.89. The Morgan fingerprint density at radius 2 is 1.39 bits per heavy atom. The van der Waals surface area contributed by atoms with Crippen LogP contribution in [0.25, 0.3) is 22.3 Å². The molecule has 1 atom stereocenters. The van der Waals surface area contributed by atoms with E-state index < -0.39 is 0 Å². The normalized spacial score (nSPS) is 11.6. The minimum absolute atomic E-state index is 0.257. The van der Waals surface area contributed by atoms with Crippen molar-refractivity contribution in [1.82, 2.24) is 10.5 Å². The van der Waals surface area contributed by atoms with E-state index >= 15 is 0 Å². The lowest BCUT2D eigenvalue weighted by molar-refractivity contribution is 0.0931. The second kappa shape index (κ2) is 9.61. The average molecular weight is 443 g/mol. The van der Waals surface area contributed by atoms with Crippen molar-refractivity contribution >= 4 is 5.91 Å². The van der Waals surface area contributed by atoms with Crippen molar-refractivity contribution < 1.29 is 18.8 Å². The molecule has 3 aromatic carbocycles. The smallest absolute Gasteiger partial charge is 0.273 e. The number of nitrogens with one attached hydrogen (secondary N) is 1. The van der Waals surface area contributed by atoms with Gasteiger partial charge < -0.3 is 19.3 Å². The minimum Gasteiger partial charge on any atom is -0.497 e. The zero-order valence-electron chi connectivity index (χ0n) is 19.1. The molecule has 33 heavy (non-hydrogen) atoms. The van der Waals surface area contributed by atoms with Crippen molar-refractivity contribution in [3.63, 3.8) is 0 Å². The zero-order chi connectivity index (χ0) is 23.4. The molecule has 4 rings (SSSR count). The number of hydrogen-bond acceptors (Lipinski definition) is 5. The summed E-state index contributed by atoms with van der Waals surface area (Å²) >= 11 is 0. The second-order valence-electron chi connectivity index (χ2n) is 7.74. The molecule has 0 bridgehead atoms. The van der Waals surface area contributed by atoms with Crippen LogP contribution in [0.2, 0.25) is 0 Å². The molecule has 6 nitrogen and oxygen atoms in total. The van der Waals surface area contributed by atoms with Gasteiger partial charge in [-0.05, 0) is 65.9 Å². The van der Waals surface area contributed by atoms with Crippen molar-refractivity contribution in [2.75, 3.05) is 14.2 Å². The molecule has 1 aromatic heterocycles. The third-order valence-corrected chi connectivity index (χ3v) is 5.55. The number of nitrogens with zero attached hydrogens (tertiary/aromatic N) is 1. The van der Waals surface area contributed by atoms with Crippen molar-refractivity contribution in [3.8, 4) is 33.8 Å². The average Bonchev–Trinajstić information content (AvgIpc) is 3.30. The van der Waals surface area contributed by atoms with Gasteiger partial charge in [0.25, 0.3) is 5.91 Å². The van der Waals surface area contributed by atoms with Crippen molar-refractivity contribution in [3.05, 3.63) is 89.8 Å². The van der Waals surface area contributed by atoms with Gasteiger partial charge >= 0.3 is 0 Å². The molecule has 0 radical (unpaired) electrons. The number of carbonyl (C=O) groups is 1. The van der Waals surface area contributed by atoms with Crippen molar-refractivity contribution in [2.45, 2.75) is 19.9 Å². The predicted octanol–water partition coefficient (Wildman–Crippen LogP) is 5.83. The summed E-state index contributed by atoms with van der Waals surface area (Å²) in [6.07, 6.45) is 0. The summed E-state index contributed by atoms with van der Waals surface area (Å²) in [5.41, 5.74) is 5.36. The Kier molecular flexibility index (Phi) is 6.45. The van der Waals surface area contributed by atoms with E-state index in [-0.39, 0.29) is 17.6 Å². The Bertz CT molecular complexity index is 1180. The molecule has 0 unspecified atom stereocenters. The van der Waals surface area contributed by atoms with Crippen LogP contribution in [-0.4, -0.2) is 25.3 Å². The van der Waals surface area contributed by atoms with E-state index in [0.29, 0.717) is 5.76 Å². The van der Waals surface area contributed by atoms with E-state index in [1.165, 1.54) is 0 Å². The number of aryl methyl sites for hydroxylation is 1. The first-order chi connectivity index (χ1) is 16.0. The fraction of sp³-hybridized carbons (Fsp3) is 0.185. The van der Waals surface area contributed by atoms with Gasteiger partial charge in [-0.25, -0.2) is 0 Å². The van der Waals surface area contributed by atoms with Crippen LogP contribution >= 0.6 is 0 Å². The third-order valence-electron chi connectivity index (χ3n) is 5.55. The first-order valence-electron chi connectivity index (χ1n) is 10.7. The highest BCUT2D eigenvalue weighted by atomic mass is 16.5. The summed E-state index contributed by atoms with van der Waals surface area (Å²) < 4.78 is 15.7. The molecule has 0 spiro atoms. The number of aromatic nitrogens is 1. The maximum Gasteiger partial charge on any atom is 0.273 e. The van der Waals surface area contributed by atoms with Crippen LogP contribution in [0, 0.1) is 6.92 Å². The van der Waals surface area contributed by atoms with E-state index in [0.717, 1.165) is 39.3 Å². The van der Waals surface area contributed by atoms with Gasteiger partial charge in [0.15, 0.2) is 5.69 Å². The van der Waals surface area contributed by atoms with Crippen molar-refractivity contribution in [2.24, 2.45) is 0 Å². The summed E-state index contributed by atoms with van der Waals surface area (Å²) in [7, 11) is 3.29. The fourth-order valence-electron chi connectivity index (χ4n) is 3.89. The summed E-state index contributed by atoms with van der Waals surface area (Å²) in [5, 5.41) is 6.93. The Hall–Kier alpha value is -4.06. The number of hydrogen-bond donors (Lipinski definition) is 1. The lowest BCUT2D eigenvalue weighted by Gasteiger charge is -2.22. The number of amides is 1. The zero-order valence-corrected chi connectivity index (χ0v) is 19.1. The van der Waals surface area contributed by atoms with Crippen LogP contribution in [0.1, 0.15) is 34.8 Å². The van der Waals surface area contributed by atoms with Crippen molar-refractivity contribution in [1.29, 1.82) is 0 Å². The van der Waals surface area contributed by atoms with Gasteiger partial charge in [0.05, 0.1) is 20.3 Å². The van der Waals surface area contributed by atoms with Crippen LogP contribution in [0.3, 0.4) is 0 Å². The van der Waals surface area contributed by atoms with E-state index in [4.69, 9.17) is 14.0 Å². The van der Waals surface area contributed by atoms with Gasteiger partial charge in [0.2, 0.25) is 0 Å². The first kappa shape index (κ1) is 22.1. The summed E-state index contributed by atoms with van der Waals surface area (Å²) in [4.78, 5) is 12.8. The van der Waals surface area contributed by atoms with E-state index in [1.807, 2.05) is 61.5 Å². The standard InChI is InChI=1S/C27H26N2O4/c1-17-16-25(29-33-17)27(30)28-18(2)26-23(19-8-12-21(31-3)13-9-19)6-5-7-24(26)20-10-14-22(32-4)15-11-20/h5-16,18H,1-4H3,(H,28,30)/t18-/m1/s1. The maximum atomic E-state index is 12.8.